The van der Waals surface area contributed by atoms with Gasteiger partial charge in [0.2, 0.25) is 5.91 Å². The Morgan fingerprint density at radius 1 is 1.34 bits per heavy atom. The van der Waals surface area contributed by atoms with E-state index in [1.54, 1.807) is 19.0 Å². The van der Waals surface area contributed by atoms with Gasteiger partial charge in [0, 0.05) is 52.7 Å². The molecular weight excluding hydrogens is 487 g/mol. The van der Waals surface area contributed by atoms with Crippen LogP contribution < -0.4 is 10.6 Å². The van der Waals surface area contributed by atoms with Gasteiger partial charge in [-0.25, -0.2) is 14.7 Å². The lowest BCUT2D eigenvalue weighted by Gasteiger charge is -2.28. The molecule has 1 atom stereocenters. The van der Waals surface area contributed by atoms with Crippen LogP contribution in [-0.4, -0.2) is 103 Å². The molecule has 1 unspecified atom stereocenters. The van der Waals surface area contributed by atoms with E-state index >= 15 is 0 Å². The van der Waals surface area contributed by atoms with Gasteiger partial charge in [-0.15, -0.1) is 24.0 Å². The van der Waals surface area contributed by atoms with Crippen molar-refractivity contribution in [3.8, 4) is 0 Å². The number of morpholine rings is 1. The van der Waals surface area contributed by atoms with Crippen molar-refractivity contribution in [3.63, 3.8) is 0 Å². The normalized spacial score (nSPS) is 19.8. The molecule has 29 heavy (non-hydrogen) atoms. The average Bonchev–Trinajstić information content (AvgIpc) is 3.05. The van der Waals surface area contributed by atoms with Crippen molar-refractivity contribution in [2.75, 3.05) is 60.0 Å². The minimum atomic E-state index is -0.0212. The van der Waals surface area contributed by atoms with E-state index < -0.39 is 0 Å². The Kier molecular flexibility index (Phi) is 9.56. The molecule has 0 spiro atoms. The van der Waals surface area contributed by atoms with Gasteiger partial charge in [0.1, 0.15) is 18.2 Å². The lowest BCUT2D eigenvalue weighted by molar-refractivity contribution is -0.127. The van der Waals surface area contributed by atoms with Crippen LogP contribution in [0.2, 0.25) is 0 Å². The fourth-order valence-corrected chi connectivity index (χ4v) is 3.34. The van der Waals surface area contributed by atoms with Gasteiger partial charge in [0.05, 0.1) is 19.8 Å². The van der Waals surface area contributed by atoms with Gasteiger partial charge >= 0.3 is 0 Å². The topological polar surface area (TPSA) is 99.9 Å². The molecule has 3 heterocycles. The Bertz CT molecular complexity index is 687. The van der Waals surface area contributed by atoms with E-state index in [9.17, 15) is 4.79 Å². The van der Waals surface area contributed by atoms with Gasteiger partial charge in [-0.1, -0.05) is 0 Å². The molecule has 0 saturated carbocycles. The number of carbonyl (C=O) groups is 1. The number of ether oxygens (including phenoxy) is 1. The van der Waals surface area contributed by atoms with Crippen LogP contribution in [0.5, 0.6) is 0 Å². The second kappa shape index (κ2) is 11.6. The zero-order valence-corrected chi connectivity index (χ0v) is 19.9. The zero-order chi connectivity index (χ0) is 19.9. The van der Waals surface area contributed by atoms with Gasteiger partial charge in [0.25, 0.3) is 0 Å². The maximum Gasteiger partial charge on any atom is 0.243 e. The Labute approximate surface area is 189 Å². The van der Waals surface area contributed by atoms with Crippen molar-refractivity contribution >= 4 is 35.8 Å². The van der Waals surface area contributed by atoms with Crippen molar-refractivity contribution in [1.29, 1.82) is 0 Å². The van der Waals surface area contributed by atoms with Crippen LogP contribution in [0.3, 0.4) is 0 Å². The number of hydrogen-bond acceptors (Lipinski definition) is 6. The molecule has 1 fully saturated rings. The summed E-state index contributed by atoms with van der Waals surface area (Å²) in [7, 11) is 3.49. The largest absolute Gasteiger partial charge is 0.379 e. The standard InChI is InChI=1S/C18H32N8O2.HI/c1-14-21-16-5-4-15(13-26(16)23-14)22-18(20-12-17(27)24(2)3)19-6-7-25-8-10-28-11-9-25;/h15H,4-13H2,1-3H3,(H2,19,20,22);1H. The van der Waals surface area contributed by atoms with Crippen LogP contribution in [0, 0.1) is 6.92 Å². The number of aliphatic imine (C=N–C) groups is 1. The molecule has 11 heteroatoms. The Morgan fingerprint density at radius 3 is 2.83 bits per heavy atom. The minimum Gasteiger partial charge on any atom is -0.379 e. The van der Waals surface area contributed by atoms with Crippen LogP contribution in [0.15, 0.2) is 4.99 Å². The van der Waals surface area contributed by atoms with E-state index in [0.717, 1.165) is 70.4 Å². The van der Waals surface area contributed by atoms with Gasteiger partial charge in [-0.05, 0) is 13.3 Å². The number of halogens is 1. The highest BCUT2D eigenvalue weighted by molar-refractivity contribution is 14.0. The minimum absolute atomic E-state index is 0. The fraction of sp³-hybridized carbons (Fsp3) is 0.778. The lowest BCUT2D eigenvalue weighted by Crippen LogP contribution is -2.49. The molecule has 0 aliphatic carbocycles. The van der Waals surface area contributed by atoms with Crippen LogP contribution in [0.4, 0.5) is 0 Å². The average molecular weight is 520 g/mol. The number of fused-ring (bicyclic) bond motifs is 1. The molecule has 10 nitrogen and oxygen atoms in total. The van der Waals surface area contributed by atoms with Gasteiger partial charge in [-0.2, -0.15) is 5.10 Å². The van der Waals surface area contributed by atoms with Crippen molar-refractivity contribution < 1.29 is 9.53 Å². The van der Waals surface area contributed by atoms with Crippen LogP contribution in [-0.2, 0) is 22.5 Å². The second-order valence-electron chi connectivity index (χ2n) is 7.47. The van der Waals surface area contributed by atoms with Crippen molar-refractivity contribution in [2.45, 2.75) is 32.4 Å². The van der Waals surface area contributed by atoms with E-state index in [1.165, 1.54) is 0 Å². The molecular formula is C18H33IN8O2. The Morgan fingerprint density at radius 2 is 2.10 bits per heavy atom. The number of rotatable bonds is 6. The number of hydrogen-bond donors (Lipinski definition) is 2. The van der Waals surface area contributed by atoms with E-state index in [1.807, 2.05) is 11.6 Å². The summed E-state index contributed by atoms with van der Waals surface area (Å²) in [6.45, 7) is 7.97. The first kappa shape index (κ1) is 23.8. The van der Waals surface area contributed by atoms with Crippen LogP contribution in [0.25, 0.3) is 0 Å². The number of guanidine groups is 1. The summed E-state index contributed by atoms with van der Waals surface area (Å²) in [5.41, 5.74) is 0. The van der Waals surface area contributed by atoms with Gasteiger partial charge < -0.3 is 20.3 Å². The summed E-state index contributed by atoms with van der Waals surface area (Å²) >= 11 is 0. The number of aryl methyl sites for hydroxylation is 2. The molecule has 1 amide bonds. The molecule has 3 rings (SSSR count). The molecule has 2 N–H and O–H groups in total. The summed E-state index contributed by atoms with van der Waals surface area (Å²) in [6.07, 6.45) is 1.85. The Balaban J connectivity index is 0.00000300. The van der Waals surface area contributed by atoms with E-state index in [2.05, 4.69) is 30.6 Å². The molecule has 2 aliphatic rings. The van der Waals surface area contributed by atoms with E-state index in [0.29, 0.717) is 5.96 Å². The summed E-state index contributed by atoms with van der Waals surface area (Å²) in [4.78, 5) is 24.8. The van der Waals surface area contributed by atoms with E-state index in [-0.39, 0.29) is 42.5 Å². The van der Waals surface area contributed by atoms with Crippen molar-refractivity contribution in [2.24, 2.45) is 4.99 Å². The third kappa shape index (κ3) is 7.37. The smallest absolute Gasteiger partial charge is 0.243 e. The van der Waals surface area contributed by atoms with E-state index in [4.69, 9.17) is 4.74 Å². The first-order valence-electron chi connectivity index (χ1n) is 9.96. The molecule has 0 aromatic carbocycles. The maximum absolute atomic E-state index is 11.9. The predicted molar refractivity (Wildman–Crippen MR) is 122 cm³/mol. The highest BCUT2D eigenvalue weighted by atomic mass is 127. The molecule has 1 aromatic rings. The third-order valence-electron chi connectivity index (χ3n) is 5.00. The predicted octanol–water partition coefficient (Wildman–Crippen LogP) is -0.525. The fourth-order valence-electron chi connectivity index (χ4n) is 3.34. The molecule has 0 bridgehead atoms. The van der Waals surface area contributed by atoms with Crippen LogP contribution in [0.1, 0.15) is 18.1 Å². The third-order valence-corrected chi connectivity index (χ3v) is 5.00. The first-order valence-corrected chi connectivity index (χ1v) is 9.96. The first-order chi connectivity index (χ1) is 13.5. The molecule has 164 valence electrons. The SMILES string of the molecule is Cc1nc2n(n1)CC(NC(=NCC(=O)N(C)C)NCCN1CCOCC1)CC2.I. The molecule has 2 aliphatic heterocycles. The Hall–Kier alpha value is -1.47. The number of nitrogens with one attached hydrogen (secondary N) is 2. The number of carbonyl (C=O) groups excluding carboxylic acids is 1. The summed E-state index contributed by atoms with van der Waals surface area (Å²) in [5.74, 6) is 2.50. The molecule has 1 aromatic heterocycles. The van der Waals surface area contributed by atoms with Gasteiger partial charge in [-0.3, -0.25) is 9.69 Å². The quantitative estimate of drug-likeness (QED) is 0.296. The van der Waals surface area contributed by atoms with Crippen molar-refractivity contribution in [1.82, 2.24) is 35.2 Å². The number of likely N-dealkylation sites (N-methyl/N-ethyl adjacent to an activating group) is 1. The summed E-state index contributed by atoms with van der Waals surface area (Å²) in [6, 6.07) is 0.206. The number of amides is 1. The van der Waals surface area contributed by atoms with Gasteiger partial charge in [0.15, 0.2) is 5.96 Å². The summed E-state index contributed by atoms with van der Waals surface area (Å²) in [5, 5.41) is 11.3. The highest BCUT2D eigenvalue weighted by Crippen LogP contribution is 2.12. The second-order valence-corrected chi connectivity index (χ2v) is 7.47. The maximum atomic E-state index is 11.9. The highest BCUT2D eigenvalue weighted by Gasteiger charge is 2.22. The number of nitrogens with zero attached hydrogens (tertiary/aromatic N) is 6. The molecule has 1 saturated heterocycles. The lowest BCUT2D eigenvalue weighted by atomic mass is 10.1. The zero-order valence-electron chi connectivity index (χ0n) is 17.6. The number of aromatic nitrogens is 3. The molecule has 0 radical (unpaired) electrons. The monoisotopic (exact) mass is 520 g/mol. The summed E-state index contributed by atoms with van der Waals surface area (Å²) < 4.78 is 7.36. The van der Waals surface area contributed by atoms with Crippen molar-refractivity contribution in [3.05, 3.63) is 11.6 Å². The van der Waals surface area contributed by atoms with Crippen LogP contribution >= 0.6 is 24.0 Å².